The fourth-order valence-electron chi connectivity index (χ4n) is 10.4. The van der Waals surface area contributed by atoms with Crippen LogP contribution in [0.1, 0.15) is 87.5 Å². The molecule has 0 unspecified atom stereocenters. The summed E-state index contributed by atoms with van der Waals surface area (Å²) in [5.41, 5.74) is -0.545. The minimum Gasteiger partial charge on any atom is -0.462 e. The normalized spacial score (nSPS) is 50.8. The minimum absolute atomic E-state index is 0.0196. The second-order valence-corrected chi connectivity index (χ2v) is 15.1. The second-order valence-electron chi connectivity index (χ2n) is 15.1. The Bertz CT molecular complexity index is 1130. The van der Waals surface area contributed by atoms with Crippen molar-refractivity contribution < 1.29 is 28.9 Å². The lowest BCUT2D eigenvalue weighted by Gasteiger charge is -2.66. The van der Waals surface area contributed by atoms with E-state index in [1.807, 2.05) is 6.08 Å². The molecule has 2 heterocycles. The SMILES string of the molecule is CC(=O)O[C@@H]1C[C@H]2C(C)(C)C(=O)C=C[C@]2(C)[C@H]2CC[C@]3(C)C(=CC[C@H]3[C@H]3CO[C@]4(C(C)(C)O)O[C@@H]4C3)[C@@]21C. The molecule has 210 valence electrons. The fraction of sp³-hybridized carbons (Fsp3) is 0.812. The zero-order chi connectivity index (χ0) is 27.7. The van der Waals surface area contributed by atoms with E-state index in [-0.39, 0.29) is 52.0 Å². The van der Waals surface area contributed by atoms with Crippen molar-refractivity contribution in [2.75, 3.05) is 6.61 Å². The highest BCUT2D eigenvalue weighted by atomic mass is 16.8. The predicted octanol–water partition coefficient (Wildman–Crippen LogP) is 5.38. The molecular weight excluding hydrogens is 480 g/mol. The van der Waals surface area contributed by atoms with Crippen LogP contribution in [0.2, 0.25) is 0 Å². The lowest BCUT2D eigenvalue weighted by molar-refractivity contribution is -0.192. The summed E-state index contributed by atoms with van der Waals surface area (Å²) in [5, 5.41) is 10.6. The molecule has 2 saturated carbocycles. The van der Waals surface area contributed by atoms with Crippen LogP contribution in [0.5, 0.6) is 0 Å². The van der Waals surface area contributed by atoms with Gasteiger partial charge in [-0.1, -0.05) is 52.3 Å². The van der Waals surface area contributed by atoms with Crippen LogP contribution in [-0.2, 0) is 23.8 Å². The van der Waals surface area contributed by atoms with Gasteiger partial charge in [-0.3, -0.25) is 9.59 Å². The molecule has 6 heteroatoms. The summed E-state index contributed by atoms with van der Waals surface area (Å²) in [7, 11) is 0. The highest BCUT2D eigenvalue weighted by Gasteiger charge is 2.72. The molecule has 6 rings (SSSR count). The number of aliphatic hydroxyl groups is 1. The molecule has 0 spiro atoms. The zero-order valence-corrected chi connectivity index (χ0v) is 24.4. The lowest BCUT2D eigenvalue weighted by atomic mass is 9.38. The van der Waals surface area contributed by atoms with Gasteiger partial charge in [0.1, 0.15) is 17.8 Å². The maximum absolute atomic E-state index is 13.0. The van der Waals surface area contributed by atoms with Crippen LogP contribution in [0.15, 0.2) is 23.8 Å². The van der Waals surface area contributed by atoms with Crippen molar-refractivity contribution in [3.05, 3.63) is 23.8 Å². The molecule has 1 N–H and O–H groups in total. The molecule has 0 aromatic heterocycles. The number of allylic oxidation sites excluding steroid dienone is 3. The Morgan fingerprint density at radius 2 is 1.84 bits per heavy atom. The van der Waals surface area contributed by atoms with Crippen molar-refractivity contribution in [2.24, 2.45) is 45.3 Å². The molecule has 10 atom stereocenters. The van der Waals surface area contributed by atoms with E-state index < -0.39 is 16.8 Å². The van der Waals surface area contributed by atoms with Crippen LogP contribution in [0.25, 0.3) is 0 Å². The van der Waals surface area contributed by atoms with Crippen molar-refractivity contribution in [1.29, 1.82) is 0 Å². The van der Waals surface area contributed by atoms with Gasteiger partial charge >= 0.3 is 5.97 Å². The Morgan fingerprint density at radius 3 is 2.47 bits per heavy atom. The summed E-state index contributed by atoms with van der Waals surface area (Å²) in [6, 6.07) is 0. The van der Waals surface area contributed by atoms with Crippen LogP contribution in [0.3, 0.4) is 0 Å². The first-order valence-corrected chi connectivity index (χ1v) is 14.7. The molecule has 38 heavy (non-hydrogen) atoms. The summed E-state index contributed by atoms with van der Waals surface area (Å²) in [6.45, 7) is 16.9. The molecule has 0 aromatic carbocycles. The van der Waals surface area contributed by atoms with E-state index in [1.165, 1.54) is 12.5 Å². The molecule has 6 aliphatic rings. The van der Waals surface area contributed by atoms with Gasteiger partial charge in [0.15, 0.2) is 5.78 Å². The average Bonchev–Trinajstić information content (AvgIpc) is 3.46. The van der Waals surface area contributed by atoms with E-state index in [0.29, 0.717) is 24.9 Å². The summed E-state index contributed by atoms with van der Waals surface area (Å²) < 4.78 is 18.5. The second kappa shape index (κ2) is 7.82. The minimum atomic E-state index is -1.02. The van der Waals surface area contributed by atoms with Gasteiger partial charge < -0.3 is 19.3 Å². The number of ketones is 1. The molecule has 0 bridgehead atoms. The number of fused-ring (bicyclic) bond motifs is 6. The number of carbonyl (C=O) groups excluding carboxylic acids is 2. The van der Waals surface area contributed by atoms with Crippen molar-refractivity contribution in [3.63, 3.8) is 0 Å². The van der Waals surface area contributed by atoms with Crippen LogP contribution in [0.4, 0.5) is 0 Å². The number of rotatable bonds is 3. The van der Waals surface area contributed by atoms with Gasteiger partial charge in [0, 0.05) is 17.8 Å². The van der Waals surface area contributed by atoms with E-state index in [1.54, 1.807) is 13.8 Å². The maximum Gasteiger partial charge on any atom is 0.302 e. The summed E-state index contributed by atoms with van der Waals surface area (Å²) in [6.07, 6.45) is 10.8. The largest absolute Gasteiger partial charge is 0.462 e. The Balaban J connectivity index is 1.35. The van der Waals surface area contributed by atoms with Gasteiger partial charge in [-0.15, -0.1) is 0 Å². The lowest BCUT2D eigenvalue weighted by Crippen LogP contribution is -2.64. The van der Waals surface area contributed by atoms with E-state index in [4.69, 9.17) is 14.2 Å². The highest BCUT2D eigenvalue weighted by Crippen LogP contribution is 2.73. The molecule has 6 nitrogen and oxygen atoms in total. The number of esters is 1. The first-order valence-electron chi connectivity index (χ1n) is 14.7. The Hall–Kier alpha value is -1.50. The van der Waals surface area contributed by atoms with Crippen LogP contribution < -0.4 is 0 Å². The fourth-order valence-corrected chi connectivity index (χ4v) is 10.4. The van der Waals surface area contributed by atoms with Gasteiger partial charge in [0.2, 0.25) is 5.79 Å². The van der Waals surface area contributed by atoms with Crippen molar-refractivity contribution in [3.8, 4) is 0 Å². The van der Waals surface area contributed by atoms with Gasteiger partial charge in [-0.05, 0) is 86.5 Å². The van der Waals surface area contributed by atoms with Crippen LogP contribution in [0, 0.1) is 45.3 Å². The average molecular weight is 527 g/mol. The molecule has 0 radical (unpaired) electrons. The van der Waals surface area contributed by atoms with Gasteiger partial charge in [0.25, 0.3) is 0 Å². The number of hydrogen-bond acceptors (Lipinski definition) is 6. The Kier molecular flexibility index (Phi) is 5.50. The number of carbonyl (C=O) groups is 2. The quantitative estimate of drug-likeness (QED) is 0.302. The number of ether oxygens (including phenoxy) is 3. The predicted molar refractivity (Wildman–Crippen MR) is 143 cm³/mol. The van der Waals surface area contributed by atoms with Gasteiger partial charge in [-0.25, -0.2) is 0 Å². The molecule has 0 aromatic rings. The molecule has 4 fully saturated rings. The van der Waals surface area contributed by atoms with Crippen LogP contribution >= 0.6 is 0 Å². The summed E-state index contributed by atoms with van der Waals surface area (Å²) in [4.78, 5) is 25.5. The van der Waals surface area contributed by atoms with E-state index >= 15 is 0 Å². The highest BCUT2D eigenvalue weighted by molar-refractivity contribution is 5.95. The first-order chi connectivity index (χ1) is 17.5. The standard InChI is InChI=1S/C32H46O6/c1-18(33)37-25-16-23-27(2,3)24(34)12-14-30(23,7)22-11-13-29(6)20(9-10-21(29)31(22,25)8)19-15-26-32(38-26,36-17-19)28(4,5)35/h10,12,14,19-20,22-23,25-26,35H,9,11,13,15-17H2,1-8H3/t19-,20+,22-,23+,25-,26-,29+,30-,31+,32+/m1/s1. The molecule has 2 saturated heterocycles. The molecular formula is C32H46O6. The zero-order valence-electron chi connectivity index (χ0n) is 24.4. The van der Waals surface area contributed by atoms with Crippen molar-refractivity contribution >= 4 is 11.8 Å². The third-order valence-electron chi connectivity index (χ3n) is 12.4. The van der Waals surface area contributed by atoms with Crippen LogP contribution in [-0.4, -0.2) is 47.1 Å². The number of epoxide rings is 1. The molecule has 0 amide bonds. The maximum atomic E-state index is 13.0. The first kappa shape index (κ1) is 26.7. The summed E-state index contributed by atoms with van der Waals surface area (Å²) >= 11 is 0. The summed E-state index contributed by atoms with van der Waals surface area (Å²) in [5.74, 6) is 0.236. The Labute approximate surface area is 227 Å². The molecule has 2 aliphatic heterocycles. The third-order valence-corrected chi connectivity index (χ3v) is 12.4. The van der Waals surface area contributed by atoms with Crippen molar-refractivity contribution in [1.82, 2.24) is 0 Å². The van der Waals surface area contributed by atoms with E-state index in [2.05, 4.69) is 46.8 Å². The van der Waals surface area contributed by atoms with E-state index in [9.17, 15) is 14.7 Å². The third kappa shape index (κ3) is 3.23. The van der Waals surface area contributed by atoms with Gasteiger partial charge in [-0.2, -0.15) is 0 Å². The molecule has 4 aliphatic carbocycles. The number of hydrogen-bond donors (Lipinski definition) is 1. The Morgan fingerprint density at radius 1 is 1.13 bits per heavy atom. The topological polar surface area (TPSA) is 85.4 Å². The van der Waals surface area contributed by atoms with Gasteiger partial charge in [0.05, 0.1) is 6.61 Å². The monoisotopic (exact) mass is 526 g/mol. The van der Waals surface area contributed by atoms with Crippen molar-refractivity contribution in [2.45, 2.75) is 111 Å². The van der Waals surface area contributed by atoms with E-state index in [0.717, 1.165) is 25.7 Å². The smallest absolute Gasteiger partial charge is 0.302 e.